The van der Waals surface area contributed by atoms with Gasteiger partial charge in [-0.05, 0) is 32.8 Å². The molecular formula is C21H31IN4O2S. The Morgan fingerprint density at radius 3 is 2.55 bits per heavy atom. The first-order chi connectivity index (χ1) is 13.5. The Labute approximate surface area is 194 Å². The number of esters is 1. The van der Waals surface area contributed by atoms with Gasteiger partial charge in [0.1, 0.15) is 9.88 Å². The van der Waals surface area contributed by atoms with Gasteiger partial charge in [0, 0.05) is 19.5 Å². The van der Waals surface area contributed by atoms with Gasteiger partial charge in [-0.1, -0.05) is 37.3 Å². The molecule has 8 heteroatoms. The Kier molecular flexibility index (Phi) is 11.2. The molecule has 2 unspecified atom stereocenters. The summed E-state index contributed by atoms with van der Waals surface area (Å²) in [5, 5.41) is 7.60. The van der Waals surface area contributed by atoms with Crippen molar-refractivity contribution in [1.29, 1.82) is 0 Å². The highest BCUT2D eigenvalue weighted by molar-refractivity contribution is 14.0. The number of guanidine groups is 1. The van der Waals surface area contributed by atoms with Crippen molar-refractivity contribution in [2.45, 2.75) is 46.1 Å². The van der Waals surface area contributed by atoms with Gasteiger partial charge >= 0.3 is 5.97 Å². The molecule has 160 valence electrons. The summed E-state index contributed by atoms with van der Waals surface area (Å²) in [5.41, 5.74) is 2.01. The van der Waals surface area contributed by atoms with E-state index in [4.69, 9.17) is 4.74 Å². The van der Waals surface area contributed by atoms with Gasteiger partial charge in [-0.15, -0.1) is 35.3 Å². The fourth-order valence-corrected chi connectivity index (χ4v) is 3.86. The van der Waals surface area contributed by atoms with Crippen LogP contribution in [0.25, 0.3) is 0 Å². The van der Waals surface area contributed by atoms with Crippen molar-refractivity contribution in [3.8, 4) is 0 Å². The number of thiazole rings is 1. The average molecular weight is 530 g/mol. The third-order valence-electron chi connectivity index (χ3n) is 4.50. The van der Waals surface area contributed by atoms with Crippen LogP contribution in [0.15, 0.2) is 35.3 Å². The lowest BCUT2D eigenvalue weighted by Gasteiger charge is -2.20. The van der Waals surface area contributed by atoms with Crippen molar-refractivity contribution in [1.82, 2.24) is 15.6 Å². The van der Waals surface area contributed by atoms with Crippen molar-refractivity contribution in [2.24, 2.45) is 4.99 Å². The second-order valence-corrected chi connectivity index (χ2v) is 7.55. The van der Waals surface area contributed by atoms with Crippen LogP contribution in [0.5, 0.6) is 0 Å². The number of nitrogens with one attached hydrogen (secondary N) is 2. The minimum Gasteiger partial charge on any atom is -0.462 e. The summed E-state index contributed by atoms with van der Waals surface area (Å²) in [7, 11) is 1.75. The molecule has 0 bridgehead atoms. The predicted molar refractivity (Wildman–Crippen MR) is 131 cm³/mol. The standard InChI is InChI=1S/C21H30N4O2S.HI/c1-6-16(17-11-9-8-10-12-17)13-23-21(22-5)25-15(4)19-24-14(3)18(28-19)20(26)27-7-2;/h8-12,15-16H,6-7,13H2,1-5H3,(H2,22,23,25);1H. The van der Waals surface area contributed by atoms with E-state index in [-0.39, 0.29) is 36.0 Å². The lowest BCUT2D eigenvalue weighted by molar-refractivity contribution is 0.0531. The van der Waals surface area contributed by atoms with Gasteiger partial charge in [-0.2, -0.15) is 0 Å². The van der Waals surface area contributed by atoms with Crippen molar-refractivity contribution < 1.29 is 9.53 Å². The highest BCUT2D eigenvalue weighted by atomic mass is 127. The van der Waals surface area contributed by atoms with Crippen LogP contribution in [0.4, 0.5) is 0 Å². The average Bonchev–Trinajstić information content (AvgIpc) is 3.10. The molecule has 29 heavy (non-hydrogen) atoms. The van der Waals surface area contributed by atoms with Crippen molar-refractivity contribution >= 4 is 47.2 Å². The third kappa shape index (κ3) is 7.26. The molecule has 1 aromatic carbocycles. The summed E-state index contributed by atoms with van der Waals surface area (Å²) in [6.07, 6.45) is 1.04. The van der Waals surface area contributed by atoms with Crippen LogP contribution in [0.1, 0.15) is 65.1 Å². The molecule has 0 saturated carbocycles. The van der Waals surface area contributed by atoms with E-state index in [1.54, 1.807) is 14.0 Å². The maximum absolute atomic E-state index is 12.0. The van der Waals surface area contributed by atoms with Crippen LogP contribution in [0.2, 0.25) is 0 Å². The van der Waals surface area contributed by atoms with E-state index in [1.165, 1.54) is 16.9 Å². The molecule has 2 N–H and O–H groups in total. The van der Waals surface area contributed by atoms with Crippen LogP contribution >= 0.6 is 35.3 Å². The summed E-state index contributed by atoms with van der Waals surface area (Å²) >= 11 is 1.36. The van der Waals surface area contributed by atoms with Gasteiger partial charge < -0.3 is 15.4 Å². The predicted octanol–water partition coefficient (Wildman–Crippen LogP) is 4.67. The van der Waals surface area contributed by atoms with E-state index >= 15 is 0 Å². The normalized spacial score (nSPS) is 13.2. The van der Waals surface area contributed by atoms with Crippen LogP contribution in [0.3, 0.4) is 0 Å². The molecule has 0 saturated heterocycles. The van der Waals surface area contributed by atoms with Crippen LogP contribution in [-0.2, 0) is 4.74 Å². The first kappa shape index (κ1) is 25.4. The molecule has 2 atom stereocenters. The Morgan fingerprint density at radius 2 is 1.97 bits per heavy atom. The molecule has 0 fully saturated rings. The minimum atomic E-state index is -0.313. The quantitative estimate of drug-likeness (QED) is 0.225. The Balaban J connectivity index is 0.00000420. The Hall–Kier alpha value is -1.68. The van der Waals surface area contributed by atoms with E-state index in [9.17, 15) is 4.79 Å². The zero-order valence-corrected chi connectivity index (χ0v) is 20.8. The number of hydrogen-bond acceptors (Lipinski definition) is 5. The molecule has 0 radical (unpaired) electrons. The van der Waals surface area contributed by atoms with Crippen LogP contribution < -0.4 is 10.6 Å². The van der Waals surface area contributed by atoms with Gasteiger partial charge in [-0.25, -0.2) is 9.78 Å². The molecule has 2 aromatic rings. The lowest BCUT2D eigenvalue weighted by Crippen LogP contribution is -2.40. The van der Waals surface area contributed by atoms with Gasteiger partial charge in [0.2, 0.25) is 0 Å². The highest BCUT2D eigenvalue weighted by Gasteiger charge is 2.20. The van der Waals surface area contributed by atoms with Crippen molar-refractivity contribution in [3.05, 3.63) is 51.5 Å². The molecule has 6 nitrogen and oxygen atoms in total. The van der Waals surface area contributed by atoms with Crippen molar-refractivity contribution in [2.75, 3.05) is 20.2 Å². The SMILES string of the molecule is CCOC(=O)c1sc(C(C)NC(=NC)NCC(CC)c2ccccc2)nc1C.I. The van der Waals surface area contributed by atoms with E-state index in [1.807, 2.05) is 19.9 Å². The second kappa shape index (κ2) is 12.8. The highest BCUT2D eigenvalue weighted by Crippen LogP contribution is 2.24. The monoisotopic (exact) mass is 530 g/mol. The zero-order chi connectivity index (χ0) is 20.5. The fourth-order valence-electron chi connectivity index (χ4n) is 2.89. The van der Waals surface area contributed by atoms with E-state index in [0.29, 0.717) is 29.1 Å². The number of ether oxygens (including phenoxy) is 1. The molecular weight excluding hydrogens is 499 g/mol. The van der Waals surface area contributed by atoms with Crippen LogP contribution in [0, 0.1) is 6.92 Å². The number of carbonyl (C=O) groups is 1. The van der Waals surface area contributed by atoms with Gasteiger partial charge in [-0.3, -0.25) is 4.99 Å². The number of benzene rings is 1. The van der Waals surface area contributed by atoms with E-state index < -0.39 is 0 Å². The first-order valence-electron chi connectivity index (χ1n) is 9.66. The van der Waals surface area contributed by atoms with Gasteiger partial charge in [0.05, 0.1) is 18.3 Å². The maximum atomic E-state index is 12.0. The molecule has 0 aliphatic rings. The number of aliphatic imine (C=N–C) groups is 1. The molecule has 0 aliphatic carbocycles. The summed E-state index contributed by atoms with van der Waals surface area (Å²) in [6.45, 7) is 8.97. The summed E-state index contributed by atoms with van der Waals surface area (Å²) in [6, 6.07) is 10.4. The number of nitrogens with zero attached hydrogens (tertiary/aromatic N) is 2. The van der Waals surface area contributed by atoms with Gasteiger partial charge in [0.25, 0.3) is 0 Å². The summed E-state index contributed by atoms with van der Waals surface area (Å²) in [4.78, 5) is 21.4. The summed E-state index contributed by atoms with van der Waals surface area (Å²) < 4.78 is 5.10. The second-order valence-electron chi connectivity index (χ2n) is 6.52. The number of rotatable bonds is 8. The molecule has 1 heterocycles. The smallest absolute Gasteiger partial charge is 0.350 e. The zero-order valence-electron chi connectivity index (χ0n) is 17.7. The number of carbonyl (C=O) groups excluding carboxylic acids is 1. The Bertz CT molecular complexity index is 795. The molecule has 2 rings (SSSR count). The minimum absolute atomic E-state index is 0. The molecule has 0 amide bonds. The molecule has 0 spiro atoms. The number of aryl methyl sites for hydroxylation is 1. The van der Waals surface area contributed by atoms with Gasteiger partial charge in [0.15, 0.2) is 5.96 Å². The molecule has 1 aromatic heterocycles. The Morgan fingerprint density at radius 1 is 1.28 bits per heavy atom. The first-order valence-corrected chi connectivity index (χ1v) is 10.5. The fraction of sp³-hybridized carbons (Fsp3) is 0.476. The number of hydrogen-bond donors (Lipinski definition) is 2. The van der Waals surface area contributed by atoms with E-state index in [0.717, 1.165) is 18.0 Å². The molecule has 0 aliphatic heterocycles. The van der Waals surface area contributed by atoms with E-state index in [2.05, 4.69) is 51.8 Å². The number of halogens is 1. The van der Waals surface area contributed by atoms with Crippen LogP contribution in [-0.4, -0.2) is 37.1 Å². The topological polar surface area (TPSA) is 75.6 Å². The third-order valence-corrected chi connectivity index (χ3v) is 5.82. The lowest BCUT2D eigenvalue weighted by atomic mass is 9.97. The largest absolute Gasteiger partial charge is 0.462 e. The number of aromatic nitrogens is 1. The summed E-state index contributed by atoms with van der Waals surface area (Å²) in [5.74, 6) is 0.812. The van der Waals surface area contributed by atoms with Crippen molar-refractivity contribution in [3.63, 3.8) is 0 Å². The maximum Gasteiger partial charge on any atom is 0.350 e.